The monoisotopic (exact) mass is 384 g/mol. The van der Waals surface area contributed by atoms with Crippen molar-refractivity contribution in [2.24, 2.45) is 0 Å². The number of hydrogen-bond acceptors (Lipinski definition) is 4. The van der Waals surface area contributed by atoms with Gasteiger partial charge in [0.15, 0.2) is 0 Å². The molecule has 0 atom stereocenters. The van der Waals surface area contributed by atoms with E-state index in [4.69, 9.17) is 0 Å². The third kappa shape index (κ3) is 3.34. The Bertz CT molecular complexity index is 780. The van der Waals surface area contributed by atoms with Crippen LogP contribution in [-0.2, 0) is 9.59 Å². The summed E-state index contributed by atoms with van der Waals surface area (Å²) in [6.45, 7) is 4.63. The molecule has 1 saturated carbocycles. The summed E-state index contributed by atoms with van der Waals surface area (Å²) in [4.78, 5) is 43.1. The first kappa shape index (κ1) is 18.8. The first-order valence-electron chi connectivity index (χ1n) is 10.2. The van der Waals surface area contributed by atoms with E-state index in [0.717, 1.165) is 37.3 Å². The maximum Gasteiger partial charge on any atom is 0.325 e. The molecular formula is C21H28N4O3. The normalized spacial score (nSPS) is 22.0. The van der Waals surface area contributed by atoms with E-state index in [1.807, 2.05) is 12.1 Å². The average molecular weight is 384 g/mol. The maximum atomic E-state index is 12.8. The van der Waals surface area contributed by atoms with Crippen molar-refractivity contribution in [2.45, 2.75) is 44.6 Å². The van der Waals surface area contributed by atoms with Gasteiger partial charge in [0.2, 0.25) is 5.91 Å². The summed E-state index contributed by atoms with van der Waals surface area (Å²) in [6.07, 6.45) is 4.33. The maximum absolute atomic E-state index is 12.8. The van der Waals surface area contributed by atoms with Crippen LogP contribution >= 0.6 is 0 Å². The van der Waals surface area contributed by atoms with E-state index in [9.17, 15) is 14.4 Å². The molecule has 1 aromatic carbocycles. The standard InChI is InChI=1S/C21H28N4O3/c1-16-7-3-4-8-17(16)23-11-13-24(14-12-23)18(26)15-25-19(27)21(22-20(25)28)9-5-2-6-10-21/h3-4,7-8H,2,5-6,9-15H2,1H3,(H,22,28). The Kier molecular flexibility index (Phi) is 5.00. The number of piperazine rings is 1. The summed E-state index contributed by atoms with van der Waals surface area (Å²) < 4.78 is 0. The Balaban J connectivity index is 1.35. The van der Waals surface area contributed by atoms with Gasteiger partial charge in [0.1, 0.15) is 12.1 Å². The highest BCUT2D eigenvalue weighted by atomic mass is 16.2. The zero-order valence-electron chi connectivity index (χ0n) is 16.4. The van der Waals surface area contributed by atoms with Gasteiger partial charge in [-0.3, -0.25) is 14.5 Å². The highest BCUT2D eigenvalue weighted by Crippen LogP contribution is 2.33. The largest absolute Gasteiger partial charge is 0.368 e. The molecule has 4 amide bonds. The first-order valence-corrected chi connectivity index (χ1v) is 10.2. The molecule has 1 aromatic rings. The summed E-state index contributed by atoms with van der Waals surface area (Å²) in [5, 5.41) is 2.87. The Morgan fingerprint density at radius 2 is 1.71 bits per heavy atom. The van der Waals surface area contributed by atoms with Gasteiger partial charge in [-0.25, -0.2) is 4.79 Å². The Morgan fingerprint density at radius 3 is 2.39 bits per heavy atom. The van der Waals surface area contributed by atoms with Crippen LogP contribution < -0.4 is 10.2 Å². The lowest BCUT2D eigenvalue weighted by Gasteiger charge is -2.37. The van der Waals surface area contributed by atoms with Crippen molar-refractivity contribution in [3.05, 3.63) is 29.8 Å². The van der Waals surface area contributed by atoms with Crippen LogP contribution in [0.1, 0.15) is 37.7 Å². The average Bonchev–Trinajstić information content (AvgIpc) is 2.93. The lowest BCUT2D eigenvalue weighted by molar-refractivity contribution is -0.139. The molecule has 2 heterocycles. The number of benzene rings is 1. The van der Waals surface area contributed by atoms with Gasteiger partial charge >= 0.3 is 6.03 Å². The molecule has 4 rings (SSSR count). The van der Waals surface area contributed by atoms with Crippen LogP contribution in [0.5, 0.6) is 0 Å². The molecule has 0 radical (unpaired) electrons. The zero-order chi connectivity index (χ0) is 19.7. The molecule has 1 N–H and O–H groups in total. The second-order valence-corrected chi connectivity index (χ2v) is 8.12. The minimum absolute atomic E-state index is 0.152. The van der Waals surface area contributed by atoms with Crippen LogP contribution in [0, 0.1) is 6.92 Å². The third-order valence-corrected chi connectivity index (χ3v) is 6.33. The predicted octanol–water partition coefficient (Wildman–Crippen LogP) is 1.90. The number of para-hydroxylation sites is 1. The number of aryl methyl sites for hydroxylation is 1. The fourth-order valence-electron chi connectivity index (χ4n) is 4.66. The van der Waals surface area contributed by atoms with Crippen molar-refractivity contribution < 1.29 is 14.4 Å². The molecule has 7 heteroatoms. The molecule has 1 aliphatic carbocycles. The predicted molar refractivity (Wildman–Crippen MR) is 106 cm³/mol. The number of anilines is 1. The minimum Gasteiger partial charge on any atom is -0.368 e. The van der Waals surface area contributed by atoms with E-state index in [1.165, 1.54) is 11.3 Å². The number of nitrogens with one attached hydrogen (secondary N) is 1. The molecule has 7 nitrogen and oxygen atoms in total. The smallest absolute Gasteiger partial charge is 0.325 e. The van der Waals surface area contributed by atoms with Crippen LogP contribution in [0.15, 0.2) is 24.3 Å². The van der Waals surface area contributed by atoms with Crippen LogP contribution in [0.4, 0.5) is 10.5 Å². The van der Waals surface area contributed by atoms with Crippen LogP contribution in [0.2, 0.25) is 0 Å². The molecule has 3 fully saturated rings. The van der Waals surface area contributed by atoms with E-state index in [1.54, 1.807) is 4.90 Å². The molecule has 0 unspecified atom stereocenters. The van der Waals surface area contributed by atoms with Crippen LogP contribution in [0.25, 0.3) is 0 Å². The lowest BCUT2D eigenvalue weighted by atomic mass is 9.82. The summed E-state index contributed by atoms with van der Waals surface area (Å²) in [5.74, 6) is -0.370. The van der Waals surface area contributed by atoms with Crippen LogP contribution in [0.3, 0.4) is 0 Å². The van der Waals surface area contributed by atoms with E-state index < -0.39 is 11.6 Å². The fourth-order valence-corrected chi connectivity index (χ4v) is 4.66. The molecule has 0 aromatic heterocycles. The number of carbonyl (C=O) groups excluding carboxylic acids is 3. The third-order valence-electron chi connectivity index (χ3n) is 6.33. The molecular weight excluding hydrogens is 356 g/mol. The Labute approximate surface area is 165 Å². The van der Waals surface area contributed by atoms with Gasteiger partial charge in [-0.05, 0) is 31.4 Å². The highest BCUT2D eigenvalue weighted by molar-refractivity contribution is 6.09. The summed E-state index contributed by atoms with van der Waals surface area (Å²) in [6, 6.07) is 7.82. The number of nitrogens with zero attached hydrogens (tertiary/aromatic N) is 3. The second kappa shape index (κ2) is 7.45. The first-order chi connectivity index (χ1) is 13.5. The van der Waals surface area contributed by atoms with E-state index >= 15 is 0 Å². The Hall–Kier alpha value is -2.57. The highest BCUT2D eigenvalue weighted by Gasteiger charge is 2.51. The summed E-state index contributed by atoms with van der Waals surface area (Å²) >= 11 is 0. The number of rotatable bonds is 3. The van der Waals surface area contributed by atoms with Gasteiger partial charge in [-0.15, -0.1) is 0 Å². The van der Waals surface area contributed by atoms with Crippen molar-refractivity contribution in [2.75, 3.05) is 37.6 Å². The van der Waals surface area contributed by atoms with Crippen molar-refractivity contribution in [1.29, 1.82) is 0 Å². The minimum atomic E-state index is -0.765. The van der Waals surface area contributed by atoms with E-state index in [-0.39, 0.29) is 18.4 Å². The molecule has 1 spiro atoms. The fraction of sp³-hybridized carbons (Fsp3) is 0.571. The number of amides is 4. The topological polar surface area (TPSA) is 73.0 Å². The van der Waals surface area contributed by atoms with Crippen molar-refractivity contribution in [3.63, 3.8) is 0 Å². The Morgan fingerprint density at radius 1 is 1.04 bits per heavy atom. The number of hydrogen-bond donors (Lipinski definition) is 1. The number of carbonyl (C=O) groups is 3. The van der Waals surface area contributed by atoms with Gasteiger partial charge in [0.25, 0.3) is 5.91 Å². The SMILES string of the molecule is Cc1ccccc1N1CCN(C(=O)CN2C(=O)NC3(CCCCC3)C2=O)CC1. The summed E-state index contributed by atoms with van der Waals surface area (Å²) in [5.41, 5.74) is 1.65. The van der Waals surface area contributed by atoms with Gasteiger partial charge in [-0.2, -0.15) is 0 Å². The van der Waals surface area contributed by atoms with Crippen LogP contribution in [-0.4, -0.2) is 65.9 Å². The van der Waals surface area contributed by atoms with Gasteiger partial charge in [-0.1, -0.05) is 37.5 Å². The van der Waals surface area contributed by atoms with Gasteiger partial charge in [0, 0.05) is 31.9 Å². The molecule has 2 saturated heterocycles. The number of imide groups is 1. The number of urea groups is 1. The molecule has 3 aliphatic rings. The van der Waals surface area contributed by atoms with Gasteiger partial charge < -0.3 is 15.1 Å². The zero-order valence-corrected chi connectivity index (χ0v) is 16.4. The molecule has 28 heavy (non-hydrogen) atoms. The lowest BCUT2D eigenvalue weighted by Crippen LogP contribution is -2.52. The van der Waals surface area contributed by atoms with Crippen molar-refractivity contribution >= 4 is 23.5 Å². The van der Waals surface area contributed by atoms with Crippen molar-refractivity contribution in [3.8, 4) is 0 Å². The van der Waals surface area contributed by atoms with E-state index in [0.29, 0.717) is 25.9 Å². The quantitative estimate of drug-likeness (QED) is 0.808. The molecule has 2 aliphatic heterocycles. The molecule has 150 valence electrons. The molecule has 0 bridgehead atoms. The van der Waals surface area contributed by atoms with Gasteiger partial charge in [0.05, 0.1) is 0 Å². The van der Waals surface area contributed by atoms with E-state index in [2.05, 4.69) is 29.3 Å². The second-order valence-electron chi connectivity index (χ2n) is 8.12. The van der Waals surface area contributed by atoms with Crippen molar-refractivity contribution in [1.82, 2.24) is 15.1 Å². The summed E-state index contributed by atoms with van der Waals surface area (Å²) in [7, 11) is 0.